The fourth-order valence-electron chi connectivity index (χ4n) is 3.11. The van der Waals surface area contributed by atoms with Crippen molar-refractivity contribution in [3.63, 3.8) is 0 Å². The van der Waals surface area contributed by atoms with Crippen molar-refractivity contribution in [2.45, 2.75) is 38.6 Å². The van der Waals surface area contributed by atoms with Gasteiger partial charge >= 0.3 is 0 Å². The van der Waals surface area contributed by atoms with Crippen LogP contribution in [0.2, 0.25) is 0 Å². The highest BCUT2D eigenvalue weighted by Crippen LogP contribution is 2.31. The third kappa shape index (κ3) is 2.19. The molecule has 0 aliphatic carbocycles. The third-order valence-corrected chi connectivity index (χ3v) is 4.16. The molecule has 2 atom stereocenters. The van der Waals surface area contributed by atoms with Crippen LogP contribution in [0.3, 0.4) is 0 Å². The van der Waals surface area contributed by atoms with E-state index < -0.39 is 0 Å². The number of hydrogen-bond donors (Lipinski definition) is 2. The Balaban J connectivity index is 1.94. The fraction of sp³-hybridized carbons (Fsp3) is 0.643. The first-order chi connectivity index (χ1) is 9.56. The van der Waals surface area contributed by atoms with Gasteiger partial charge in [0.25, 0.3) is 0 Å². The smallest absolute Gasteiger partial charge is 0.225 e. The van der Waals surface area contributed by atoms with E-state index >= 15 is 0 Å². The molecule has 2 aliphatic rings. The Kier molecular flexibility index (Phi) is 3.23. The Bertz CT molecular complexity index is 530. The quantitative estimate of drug-likeness (QED) is 0.837. The molecule has 2 fully saturated rings. The molecular formula is C14H21N5O. The number of piperidine rings is 1. The number of rotatable bonds is 2. The van der Waals surface area contributed by atoms with E-state index in [1.807, 2.05) is 6.07 Å². The van der Waals surface area contributed by atoms with Crippen molar-refractivity contribution in [3.05, 3.63) is 11.9 Å². The molecule has 1 aromatic heterocycles. The minimum atomic E-state index is 0.0856. The number of amides is 1. The first-order valence-electron chi connectivity index (χ1n) is 7.25. The summed E-state index contributed by atoms with van der Waals surface area (Å²) in [5.41, 5.74) is 5.91. The van der Waals surface area contributed by atoms with Crippen LogP contribution in [0.15, 0.2) is 6.07 Å². The van der Waals surface area contributed by atoms with E-state index in [0.717, 1.165) is 31.0 Å². The van der Waals surface area contributed by atoms with Gasteiger partial charge in [0, 0.05) is 25.1 Å². The average molecular weight is 275 g/mol. The molecule has 0 aromatic carbocycles. The topological polar surface area (TPSA) is 84.1 Å². The molecule has 0 saturated carbocycles. The van der Waals surface area contributed by atoms with Crippen LogP contribution < -0.4 is 16.0 Å². The Morgan fingerprint density at radius 3 is 3.00 bits per heavy atom. The molecule has 3 N–H and O–H groups in total. The lowest BCUT2D eigenvalue weighted by Crippen LogP contribution is -2.46. The third-order valence-electron chi connectivity index (χ3n) is 4.16. The largest absolute Gasteiger partial charge is 0.384 e. The van der Waals surface area contributed by atoms with Crippen molar-refractivity contribution >= 4 is 17.5 Å². The van der Waals surface area contributed by atoms with Crippen LogP contribution in [0.1, 0.15) is 38.4 Å². The number of nitrogens with two attached hydrogens (primary N) is 1. The molecule has 2 unspecified atom stereocenters. The lowest BCUT2D eigenvalue weighted by molar-refractivity contribution is -0.122. The average Bonchev–Trinajstić information content (AvgIpc) is 2.80. The first-order valence-corrected chi connectivity index (χ1v) is 7.25. The predicted molar refractivity (Wildman–Crippen MR) is 77.4 cm³/mol. The summed E-state index contributed by atoms with van der Waals surface area (Å²) in [6.45, 7) is 5.73. The normalized spacial score (nSPS) is 25.8. The van der Waals surface area contributed by atoms with E-state index in [0.29, 0.717) is 12.4 Å². The van der Waals surface area contributed by atoms with Crippen molar-refractivity contribution in [1.82, 2.24) is 15.3 Å². The maximum absolute atomic E-state index is 11.8. The van der Waals surface area contributed by atoms with Crippen LogP contribution in [0.4, 0.5) is 11.6 Å². The minimum Gasteiger partial charge on any atom is -0.384 e. The first kappa shape index (κ1) is 13.1. The maximum atomic E-state index is 11.8. The maximum Gasteiger partial charge on any atom is 0.225 e. The standard InChI is InChI=1S/C14H21N5O/c1-8(2)13-17-11(15)6-12(18-13)19-5-3-4-9-10(19)7-16-14(9)20/h6,8-10H,3-5,7H2,1-2H3,(H,16,20)(H2,15,17,18). The number of carbonyl (C=O) groups excluding carboxylic acids is 1. The Hall–Kier alpha value is -1.85. The van der Waals surface area contributed by atoms with Gasteiger partial charge in [0.1, 0.15) is 17.5 Å². The number of carbonyl (C=O) groups is 1. The molecule has 108 valence electrons. The summed E-state index contributed by atoms with van der Waals surface area (Å²) in [6.07, 6.45) is 1.97. The zero-order valence-electron chi connectivity index (χ0n) is 12.0. The number of fused-ring (bicyclic) bond motifs is 1. The van der Waals surface area contributed by atoms with Crippen LogP contribution in [-0.2, 0) is 4.79 Å². The van der Waals surface area contributed by atoms with Gasteiger partial charge in [-0.3, -0.25) is 4.79 Å². The molecule has 1 amide bonds. The van der Waals surface area contributed by atoms with Gasteiger partial charge < -0.3 is 16.0 Å². The van der Waals surface area contributed by atoms with E-state index in [9.17, 15) is 4.79 Å². The Labute approximate surface area is 118 Å². The molecule has 6 heteroatoms. The summed E-state index contributed by atoms with van der Waals surface area (Å²) in [6, 6.07) is 2.02. The summed E-state index contributed by atoms with van der Waals surface area (Å²) in [5.74, 6) is 2.61. The number of hydrogen-bond acceptors (Lipinski definition) is 5. The van der Waals surface area contributed by atoms with Crippen molar-refractivity contribution in [1.29, 1.82) is 0 Å². The zero-order chi connectivity index (χ0) is 14.3. The summed E-state index contributed by atoms with van der Waals surface area (Å²) in [5, 5.41) is 2.96. The number of nitrogens with one attached hydrogen (secondary N) is 1. The molecule has 20 heavy (non-hydrogen) atoms. The van der Waals surface area contributed by atoms with E-state index in [1.54, 1.807) is 0 Å². The highest BCUT2D eigenvalue weighted by atomic mass is 16.2. The molecule has 3 heterocycles. The zero-order valence-corrected chi connectivity index (χ0v) is 12.0. The van der Waals surface area contributed by atoms with Gasteiger partial charge in [-0.25, -0.2) is 9.97 Å². The van der Waals surface area contributed by atoms with E-state index in [1.165, 1.54) is 0 Å². The molecule has 0 radical (unpaired) electrons. The van der Waals surface area contributed by atoms with E-state index in [-0.39, 0.29) is 23.8 Å². The molecule has 1 aromatic rings. The molecule has 0 bridgehead atoms. The second-order valence-electron chi connectivity index (χ2n) is 5.92. The van der Waals surface area contributed by atoms with Crippen LogP contribution in [-0.4, -0.2) is 35.0 Å². The fourth-order valence-corrected chi connectivity index (χ4v) is 3.11. The van der Waals surface area contributed by atoms with Crippen molar-refractivity contribution in [2.75, 3.05) is 23.7 Å². The number of nitrogens with zero attached hydrogens (tertiary/aromatic N) is 3. The second-order valence-corrected chi connectivity index (χ2v) is 5.92. The molecule has 2 aliphatic heterocycles. The molecule has 0 spiro atoms. The molecule has 3 rings (SSSR count). The molecule has 6 nitrogen and oxygen atoms in total. The van der Waals surface area contributed by atoms with Crippen LogP contribution in [0, 0.1) is 5.92 Å². The number of nitrogen functional groups attached to an aromatic ring is 1. The van der Waals surface area contributed by atoms with Gasteiger partial charge in [-0.05, 0) is 12.8 Å². The minimum absolute atomic E-state index is 0.0856. The summed E-state index contributed by atoms with van der Waals surface area (Å²) in [7, 11) is 0. The van der Waals surface area contributed by atoms with E-state index in [4.69, 9.17) is 5.73 Å². The monoisotopic (exact) mass is 275 g/mol. The lowest BCUT2D eigenvalue weighted by atomic mass is 9.91. The number of anilines is 2. The number of aromatic nitrogens is 2. The predicted octanol–water partition coefficient (Wildman–Crippen LogP) is 0.897. The van der Waals surface area contributed by atoms with Crippen molar-refractivity contribution < 1.29 is 4.79 Å². The summed E-state index contributed by atoms with van der Waals surface area (Å²) < 4.78 is 0. The summed E-state index contributed by atoms with van der Waals surface area (Å²) >= 11 is 0. The van der Waals surface area contributed by atoms with Gasteiger partial charge in [0.15, 0.2) is 0 Å². The lowest BCUT2D eigenvalue weighted by Gasteiger charge is -2.37. The highest BCUT2D eigenvalue weighted by Gasteiger charge is 2.41. The van der Waals surface area contributed by atoms with Gasteiger partial charge in [-0.15, -0.1) is 0 Å². The van der Waals surface area contributed by atoms with Gasteiger partial charge in [0.2, 0.25) is 5.91 Å². The highest BCUT2D eigenvalue weighted by molar-refractivity contribution is 5.83. The van der Waals surface area contributed by atoms with Gasteiger partial charge in [-0.2, -0.15) is 0 Å². The Morgan fingerprint density at radius 1 is 1.45 bits per heavy atom. The van der Waals surface area contributed by atoms with Crippen molar-refractivity contribution in [2.24, 2.45) is 5.92 Å². The van der Waals surface area contributed by atoms with Gasteiger partial charge in [-0.1, -0.05) is 13.8 Å². The van der Waals surface area contributed by atoms with E-state index in [2.05, 4.69) is 34.0 Å². The SMILES string of the molecule is CC(C)c1nc(N)cc(N2CCCC3C(=O)NCC32)n1. The van der Waals surface area contributed by atoms with Gasteiger partial charge in [0.05, 0.1) is 12.0 Å². The second kappa shape index (κ2) is 4.92. The van der Waals surface area contributed by atoms with Crippen LogP contribution >= 0.6 is 0 Å². The Morgan fingerprint density at radius 2 is 2.25 bits per heavy atom. The molecule has 2 saturated heterocycles. The van der Waals surface area contributed by atoms with Crippen LogP contribution in [0.25, 0.3) is 0 Å². The van der Waals surface area contributed by atoms with Crippen LogP contribution in [0.5, 0.6) is 0 Å². The van der Waals surface area contributed by atoms with Crippen molar-refractivity contribution in [3.8, 4) is 0 Å². The molecular weight excluding hydrogens is 254 g/mol. The summed E-state index contributed by atoms with van der Waals surface area (Å²) in [4.78, 5) is 23.0.